The SMILES string of the molecule is O=C(c1coc(-c2ccccc2)c1)c1coc(-c2ccccc2)c1. The predicted molar refractivity (Wildman–Crippen MR) is 91.7 cm³/mol. The van der Waals surface area contributed by atoms with Crippen molar-refractivity contribution >= 4 is 5.78 Å². The minimum atomic E-state index is -0.119. The molecule has 0 unspecified atom stereocenters. The van der Waals surface area contributed by atoms with Crippen LogP contribution in [0.25, 0.3) is 22.6 Å². The highest BCUT2D eigenvalue weighted by molar-refractivity contribution is 6.09. The molecule has 0 aliphatic heterocycles. The van der Waals surface area contributed by atoms with Crippen molar-refractivity contribution in [3.63, 3.8) is 0 Å². The third kappa shape index (κ3) is 2.68. The van der Waals surface area contributed by atoms with Crippen molar-refractivity contribution in [2.24, 2.45) is 0 Å². The van der Waals surface area contributed by atoms with Crippen molar-refractivity contribution in [1.82, 2.24) is 0 Å². The Kier molecular flexibility index (Phi) is 3.60. The zero-order valence-electron chi connectivity index (χ0n) is 12.8. The van der Waals surface area contributed by atoms with Crippen LogP contribution in [0.5, 0.6) is 0 Å². The van der Waals surface area contributed by atoms with Crippen molar-refractivity contribution in [3.8, 4) is 22.6 Å². The summed E-state index contributed by atoms with van der Waals surface area (Å²) in [7, 11) is 0. The third-order valence-electron chi connectivity index (χ3n) is 3.84. The Labute approximate surface area is 139 Å². The average molecular weight is 314 g/mol. The normalized spacial score (nSPS) is 10.7. The van der Waals surface area contributed by atoms with Gasteiger partial charge in [0.2, 0.25) is 0 Å². The molecule has 0 saturated carbocycles. The predicted octanol–water partition coefficient (Wildman–Crippen LogP) is 5.44. The Balaban J connectivity index is 1.61. The Morgan fingerprint density at radius 2 is 1.04 bits per heavy atom. The van der Waals surface area contributed by atoms with E-state index >= 15 is 0 Å². The first kappa shape index (κ1) is 14.3. The van der Waals surface area contributed by atoms with Crippen molar-refractivity contribution in [1.29, 1.82) is 0 Å². The van der Waals surface area contributed by atoms with E-state index in [4.69, 9.17) is 8.83 Å². The largest absolute Gasteiger partial charge is 0.464 e. The zero-order chi connectivity index (χ0) is 16.4. The second-order valence-electron chi connectivity index (χ2n) is 5.46. The van der Waals surface area contributed by atoms with Gasteiger partial charge in [-0.1, -0.05) is 60.7 Å². The van der Waals surface area contributed by atoms with Crippen LogP contribution in [0.4, 0.5) is 0 Å². The van der Waals surface area contributed by atoms with Crippen molar-refractivity contribution in [3.05, 3.63) is 96.4 Å². The highest BCUT2D eigenvalue weighted by Gasteiger charge is 2.16. The van der Waals surface area contributed by atoms with Crippen molar-refractivity contribution < 1.29 is 13.6 Å². The van der Waals surface area contributed by atoms with Gasteiger partial charge in [0.05, 0.1) is 11.1 Å². The fourth-order valence-electron chi connectivity index (χ4n) is 2.58. The van der Waals surface area contributed by atoms with Gasteiger partial charge in [-0.3, -0.25) is 4.79 Å². The number of hydrogen-bond donors (Lipinski definition) is 0. The molecule has 0 N–H and O–H groups in total. The van der Waals surface area contributed by atoms with Gasteiger partial charge in [0.25, 0.3) is 0 Å². The molecule has 116 valence electrons. The lowest BCUT2D eigenvalue weighted by Crippen LogP contribution is -1.96. The van der Waals surface area contributed by atoms with Crippen LogP contribution in [-0.2, 0) is 0 Å². The molecule has 0 fully saturated rings. The summed E-state index contributed by atoms with van der Waals surface area (Å²) < 4.78 is 11.1. The lowest BCUT2D eigenvalue weighted by molar-refractivity contribution is 0.103. The molecule has 3 nitrogen and oxygen atoms in total. The summed E-state index contributed by atoms with van der Waals surface area (Å²) >= 11 is 0. The zero-order valence-corrected chi connectivity index (χ0v) is 12.8. The Hall–Kier alpha value is -3.33. The first-order valence-corrected chi connectivity index (χ1v) is 7.64. The maximum absolute atomic E-state index is 12.6. The van der Waals surface area contributed by atoms with Gasteiger partial charge >= 0.3 is 0 Å². The number of rotatable bonds is 4. The Morgan fingerprint density at radius 3 is 1.46 bits per heavy atom. The third-order valence-corrected chi connectivity index (χ3v) is 3.84. The van der Waals surface area contributed by atoms with Gasteiger partial charge in [0.15, 0.2) is 5.78 Å². The second kappa shape index (κ2) is 6.05. The number of ketones is 1. The highest BCUT2D eigenvalue weighted by Crippen LogP contribution is 2.26. The van der Waals surface area contributed by atoms with Crippen molar-refractivity contribution in [2.45, 2.75) is 0 Å². The standard InChI is InChI=1S/C21H14O3/c22-21(17-11-19(23-13-17)15-7-3-1-4-8-15)18-12-20(24-14-18)16-9-5-2-6-10-16/h1-14H. The summed E-state index contributed by atoms with van der Waals surface area (Å²) in [5.74, 6) is 1.23. The number of furan rings is 2. The van der Waals surface area contributed by atoms with E-state index < -0.39 is 0 Å². The summed E-state index contributed by atoms with van der Waals surface area (Å²) in [6, 6.07) is 22.9. The van der Waals surface area contributed by atoms with E-state index in [0.717, 1.165) is 11.1 Å². The first-order valence-electron chi connectivity index (χ1n) is 7.64. The molecule has 4 rings (SSSR count). The number of carbonyl (C=O) groups is 1. The van der Waals surface area contributed by atoms with Gasteiger partial charge in [-0.15, -0.1) is 0 Å². The summed E-state index contributed by atoms with van der Waals surface area (Å²) in [5, 5.41) is 0. The van der Waals surface area contributed by atoms with Crippen LogP contribution in [-0.4, -0.2) is 5.78 Å². The van der Waals surface area contributed by atoms with Gasteiger partial charge in [0.1, 0.15) is 24.0 Å². The molecule has 24 heavy (non-hydrogen) atoms. The summed E-state index contributed by atoms with van der Waals surface area (Å²) in [4.78, 5) is 12.6. The summed E-state index contributed by atoms with van der Waals surface area (Å²) in [6.45, 7) is 0. The van der Waals surface area contributed by atoms with E-state index in [1.54, 1.807) is 12.1 Å². The lowest BCUT2D eigenvalue weighted by atomic mass is 10.1. The van der Waals surface area contributed by atoms with Gasteiger partial charge < -0.3 is 8.83 Å². The van der Waals surface area contributed by atoms with Crippen LogP contribution in [0.15, 0.2) is 94.2 Å². The second-order valence-corrected chi connectivity index (χ2v) is 5.46. The molecule has 0 atom stereocenters. The molecule has 3 heteroatoms. The molecule has 4 aromatic rings. The van der Waals surface area contributed by atoms with Crippen LogP contribution >= 0.6 is 0 Å². The van der Waals surface area contributed by atoms with E-state index in [1.165, 1.54) is 12.5 Å². The molecule has 0 saturated heterocycles. The monoisotopic (exact) mass is 314 g/mol. The number of benzene rings is 2. The van der Waals surface area contributed by atoms with Gasteiger partial charge in [-0.05, 0) is 12.1 Å². The minimum Gasteiger partial charge on any atom is -0.464 e. The molecular weight excluding hydrogens is 300 g/mol. The molecule has 0 aliphatic carbocycles. The first-order chi connectivity index (χ1) is 11.8. The van der Waals surface area contributed by atoms with Crippen LogP contribution in [0.2, 0.25) is 0 Å². The van der Waals surface area contributed by atoms with Gasteiger partial charge in [0, 0.05) is 11.1 Å². The molecule has 0 radical (unpaired) electrons. The summed E-state index contributed by atoms with van der Waals surface area (Å²) in [5.41, 5.74) is 2.89. The smallest absolute Gasteiger partial charge is 0.199 e. The molecule has 0 spiro atoms. The molecular formula is C21H14O3. The highest BCUT2D eigenvalue weighted by atomic mass is 16.3. The lowest BCUT2D eigenvalue weighted by Gasteiger charge is -1.94. The Bertz CT molecular complexity index is 883. The van der Waals surface area contributed by atoms with E-state index in [-0.39, 0.29) is 5.78 Å². The molecule has 0 bridgehead atoms. The van der Waals surface area contributed by atoms with Gasteiger partial charge in [-0.2, -0.15) is 0 Å². The van der Waals surface area contributed by atoms with Crippen LogP contribution in [0.1, 0.15) is 15.9 Å². The van der Waals surface area contributed by atoms with Crippen LogP contribution < -0.4 is 0 Å². The molecule has 2 aromatic heterocycles. The molecule has 0 aliphatic rings. The fourth-order valence-corrected chi connectivity index (χ4v) is 2.58. The molecule has 2 aromatic carbocycles. The summed E-state index contributed by atoms with van der Waals surface area (Å²) in [6.07, 6.45) is 2.97. The van der Waals surface area contributed by atoms with Crippen LogP contribution in [0, 0.1) is 0 Å². The maximum Gasteiger partial charge on any atom is 0.199 e. The molecule has 2 heterocycles. The van der Waals surface area contributed by atoms with E-state index in [0.29, 0.717) is 22.6 Å². The maximum atomic E-state index is 12.6. The van der Waals surface area contributed by atoms with Crippen LogP contribution in [0.3, 0.4) is 0 Å². The number of carbonyl (C=O) groups excluding carboxylic acids is 1. The van der Waals surface area contributed by atoms with E-state index in [9.17, 15) is 4.79 Å². The minimum absolute atomic E-state index is 0.119. The van der Waals surface area contributed by atoms with Crippen molar-refractivity contribution in [2.75, 3.05) is 0 Å². The van der Waals surface area contributed by atoms with E-state index in [1.807, 2.05) is 60.7 Å². The Morgan fingerprint density at radius 1 is 0.625 bits per heavy atom. The molecule has 0 amide bonds. The average Bonchev–Trinajstić information content (AvgIpc) is 3.33. The van der Waals surface area contributed by atoms with Gasteiger partial charge in [-0.25, -0.2) is 0 Å². The topological polar surface area (TPSA) is 43.4 Å². The van der Waals surface area contributed by atoms with E-state index in [2.05, 4.69) is 0 Å². The fraction of sp³-hybridized carbons (Fsp3) is 0. The quantitative estimate of drug-likeness (QED) is 0.471. The number of hydrogen-bond acceptors (Lipinski definition) is 3.